The maximum Gasteiger partial charge on any atom is 0.256 e. The molecule has 4 rings (SSSR count). The van der Waals surface area contributed by atoms with E-state index in [0.29, 0.717) is 5.56 Å². The van der Waals surface area contributed by atoms with Crippen LogP contribution in [0.25, 0.3) is 0 Å². The van der Waals surface area contributed by atoms with Gasteiger partial charge in [-0.2, -0.15) is 0 Å². The van der Waals surface area contributed by atoms with Crippen molar-refractivity contribution in [2.75, 3.05) is 6.54 Å². The van der Waals surface area contributed by atoms with E-state index in [1.54, 1.807) is 18.5 Å². The molecule has 2 aromatic rings. The van der Waals surface area contributed by atoms with E-state index in [2.05, 4.69) is 19.7 Å². The molecule has 4 heterocycles. The normalized spacial score (nSPS) is 21.0. The molecule has 0 bridgehead atoms. The highest BCUT2D eigenvalue weighted by Crippen LogP contribution is 2.33. The van der Waals surface area contributed by atoms with Gasteiger partial charge in [0.1, 0.15) is 5.82 Å². The lowest BCUT2D eigenvalue weighted by Crippen LogP contribution is -2.32. The molecular weight excluding hydrogens is 290 g/mol. The summed E-state index contributed by atoms with van der Waals surface area (Å²) in [6, 6.07) is 3.68. The number of hydrogen-bond acceptors (Lipinski definition) is 4. The Labute approximate surface area is 135 Å². The Morgan fingerprint density at radius 3 is 2.96 bits per heavy atom. The number of amides is 1. The van der Waals surface area contributed by atoms with Crippen molar-refractivity contribution < 1.29 is 4.79 Å². The van der Waals surface area contributed by atoms with Gasteiger partial charge in [-0.15, -0.1) is 10.2 Å². The van der Waals surface area contributed by atoms with Gasteiger partial charge >= 0.3 is 0 Å². The van der Waals surface area contributed by atoms with Gasteiger partial charge in [-0.3, -0.25) is 9.78 Å². The Bertz CT molecular complexity index is 696. The first-order chi connectivity index (χ1) is 11.3. The molecule has 1 amide bonds. The SMILES string of the molecule is O=C(c1cccnc1)N1CCC[C@H]1c1nnc2n1CCCCC2. The van der Waals surface area contributed by atoms with Gasteiger partial charge in [-0.25, -0.2) is 0 Å². The molecular formula is C17H21N5O. The average Bonchev–Trinajstić information content (AvgIpc) is 3.16. The van der Waals surface area contributed by atoms with Crippen molar-refractivity contribution >= 4 is 5.91 Å². The molecule has 23 heavy (non-hydrogen) atoms. The highest BCUT2D eigenvalue weighted by molar-refractivity contribution is 5.94. The van der Waals surface area contributed by atoms with Crippen LogP contribution in [0.5, 0.6) is 0 Å². The van der Waals surface area contributed by atoms with Crippen molar-refractivity contribution in [3.8, 4) is 0 Å². The van der Waals surface area contributed by atoms with E-state index in [1.807, 2.05) is 11.0 Å². The number of hydrogen-bond donors (Lipinski definition) is 0. The predicted molar refractivity (Wildman–Crippen MR) is 84.8 cm³/mol. The van der Waals surface area contributed by atoms with Gasteiger partial charge in [0, 0.05) is 31.9 Å². The Morgan fingerprint density at radius 1 is 1.13 bits per heavy atom. The lowest BCUT2D eigenvalue weighted by atomic mass is 10.2. The molecule has 2 aromatic heterocycles. The summed E-state index contributed by atoms with van der Waals surface area (Å²) in [5.41, 5.74) is 0.648. The maximum absolute atomic E-state index is 12.8. The fourth-order valence-corrected chi connectivity index (χ4v) is 3.69. The van der Waals surface area contributed by atoms with Crippen molar-refractivity contribution in [1.29, 1.82) is 0 Å². The third-order valence-electron chi connectivity index (χ3n) is 4.86. The summed E-state index contributed by atoms with van der Waals surface area (Å²) in [5, 5.41) is 8.84. The molecule has 0 spiro atoms. The summed E-state index contributed by atoms with van der Waals surface area (Å²) in [5.74, 6) is 2.10. The van der Waals surface area contributed by atoms with Gasteiger partial charge in [0.15, 0.2) is 5.82 Å². The highest BCUT2D eigenvalue weighted by Gasteiger charge is 2.34. The Balaban J connectivity index is 1.64. The van der Waals surface area contributed by atoms with Gasteiger partial charge in [-0.05, 0) is 37.8 Å². The number of likely N-dealkylation sites (tertiary alicyclic amines) is 1. The molecule has 6 nitrogen and oxygen atoms in total. The van der Waals surface area contributed by atoms with Crippen LogP contribution in [-0.2, 0) is 13.0 Å². The monoisotopic (exact) mass is 311 g/mol. The van der Waals surface area contributed by atoms with E-state index in [0.717, 1.165) is 44.0 Å². The molecule has 1 atom stereocenters. The van der Waals surface area contributed by atoms with Gasteiger partial charge in [0.2, 0.25) is 0 Å². The molecule has 0 aromatic carbocycles. The van der Waals surface area contributed by atoms with Crippen molar-refractivity contribution in [3.63, 3.8) is 0 Å². The van der Waals surface area contributed by atoms with Crippen LogP contribution >= 0.6 is 0 Å². The topological polar surface area (TPSA) is 63.9 Å². The first-order valence-corrected chi connectivity index (χ1v) is 8.47. The zero-order chi connectivity index (χ0) is 15.6. The lowest BCUT2D eigenvalue weighted by molar-refractivity contribution is 0.0726. The second-order valence-corrected chi connectivity index (χ2v) is 6.33. The van der Waals surface area contributed by atoms with Crippen LogP contribution in [0.1, 0.15) is 60.2 Å². The van der Waals surface area contributed by atoms with Crippen LogP contribution in [0.3, 0.4) is 0 Å². The summed E-state index contributed by atoms with van der Waals surface area (Å²) in [6.45, 7) is 1.75. The number of fused-ring (bicyclic) bond motifs is 1. The van der Waals surface area contributed by atoms with Crippen molar-refractivity contribution in [2.24, 2.45) is 0 Å². The van der Waals surface area contributed by atoms with Crippen molar-refractivity contribution in [2.45, 2.75) is 51.1 Å². The molecule has 6 heteroatoms. The minimum Gasteiger partial charge on any atom is -0.328 e. The maximum atomic E-state index is 12.8. The second kappa shape index (κ2) is 6.10. The van der Waals surface area contributed by atoms with Crippen LogP contribution < -0.4 is 0 Å². The number of carbonyl (C=O) groups is 1. The van der Waals surface area contributed by atoms with Gasteiger partial charge in [-0.1, -0.05) is 6.42 Å². The summed E-state index contributed by atoms with van der Waals surface area (Å²) in [6.07, 6.45) is 9.90. The standard InChI is InChI=1S/C17H21N5O/c23-17(13-6-4-9-18-12-13)21-11-5-7-14(21)16-20-19-15-8-2-1-3-10-22(15)16/h4,6,9,12,14H,1-3,5,7-8,10-11H2/t14-/m0/s1. The number of nitrogens with zero attached hydrogens (tertiary/aromatic N) is 5. The second-order valence-electron chi connectivity index (χ2n) is 6.33. The number of aromatic nitrogens is 4. The minimum absolute atomic E-state index is 0.0436. The third kappa shape index (κ3) is 2.62. The molecule has 0 N–H and O–H groups in total. The first-order valence-electron chi connectivity index (χ1n) is 8.47. The Hall–Kier alpha value is -2.24. The molecule has 2 aliphatic rings. The molecule has 0 radical (unpaired) electrons. The number of aryl methyl sites for hydroxylation is 1. The van der Waals surface area contributed by atoms with Crippen LogP contribution in [0.4, 0.5) is 0 Å². The molecule has 0 unspecified atom stereocenters. The van der Waals surface area contributed by atoms with Gasteiger partial charge in [0.05, 0.1) is 11.6 Å². The van der Waals surface area contributed by atoms with E-state index in [1.165, 1.54) is 19.3 Å². The van der Waals surface area contributed by atoms with Crippen LogP contribution in [0, 0.1) is 0 Å². The molecule has 2 aliphatic heterocycles. The molecule has 1 saturated heterocycles. The number of pyridine rings is 1. The van der Waals surface area contributed by atoms with E-state index in [9.17, 15) is 4.79 Å². The van der Waals surface area contributed by atoms with Gasteiger partial charge < -0.3 is 9.47 Å². The van der Waals surface area contributed by atoms with E-state index < -0.39 is 0 Å². The van der Waals surface area contributed by atoms with Crippen molar-refractivity contribution in [1.82, 2.24) is 24.6 Å². The van der Waals surface area contributed by atoms with Crippen LogP contribution in [0.15, 0.2) is 24.5 Å². The largest absolute Gasteiger partial charge is 0.328 e. The third-order valence-corrected chi connectivity index (χ3v) is 4.86. The number of carbonyl (C=O) groups excluding carboxylic acids is 1. The zero-order valence-electron chi connectivity index (χ0n) is 13.2. The number of rotatable bonds is 2. The summed E-state index contributed by atoms with van der Waals surface area (Å²) in [7, 11) is 0. The summed E-state index contributed by atoms with van der Waals surface area (Å²) in [4.78, 5) is 18.8. The highest BCUT2D eigenvalue weighted by atomic mass is 16.2. The van der Waals surface area contributed by atoms with Crippen LogP contribution in [0.2, 0.25) is 0 Å². The molecule has 120 valence electrons. The fraction of sp³-hybridized carbons (Fsp3) is 0.529. The summed E-state index contributed by atoms with van der Waals surface area (Å²) >= 11 is 0. The quantitative estimate of drug-likeness (QED) is 0.854. The van der Waals surface area contributed by atoms with E-state index in [-0.39, 0.29) is 11.9 Å². The predicted octanol–water partition coefficient (Wildman–Crippen LogP) is 2.38. The summed E-state index contributed by atoms with van der Waals surface area (Å²) < 4.78 is 2.26. The smallest absolute Gasteiger partial charge is 0.256 e. The van der Waals surface area contributed by atoms with E-state index >= 15 is 0 Å². The Morgan fingerprint density at radius 2 is 2.09 bits per heavy atom. The van der Waals surface area contributed by atoms with Crippen molar-refractivity contribution in [3.05, 3.63) is 41.7 Å². The zero-order valence-corrected chi connectivity index (χ0v) is 13.2. The average molecular weight is 311 g/mol. The first kappa shape index (κ1) is 14.4. The lowest BCUT2D eigenvalue weighted by Gasteiger charge is -2.24. The Kier molecular flexibility index (Phi) is 3.81. The molecule has 0 saturated carbocycles. The molecule has 0 aliphatic carbocycles. The molecule has 1 fully saturated rings. The minimum atomic E-state index is 0.0436. The van der Waals surface area contributed by atoms with Crippen LogP contribution in [-0.4, -0.2) is 37.1 Å². The fourth-order valence-electron chi connectivity index (χ4n) is 3.69. The van der Waals surface area contributed by atoms with Gasteiger partial charge in [0.25, 0.3) is 5.91 Å². The van der Waals surface area contributed by atoms with E-state index in [4.69, 9.17) is 0 Å².